The van der Waals surface area contributed by atoms with Crippen molar-refractivity contribution in [3.8, 4) is 0 Å². The second kappa shape index (κ2) is 24.0. The van der Waals surface area contributed by atoms with E-state index in [1.807, 2.05) is 27.7 Å². The van der Waals surface area contributed by atoms with Crippen LogP contribution in [0.1, 0.15) is 115 Å². The van der Waals surface area contributed by atoms with Crippen LogP contribution in [0.2, 0.25) is 0 Å². The Bertz CT molecular complexity index is 3360. The molecule has 8 saturated heterocycles. The molecule has 0 amide bonds. The summed E-state index contributed by atoms with van der Waals surface area (Å²) in [6.07, 6.45) is 2.40. The van der Waals surface area contributed by atoms with Gasteiger partial charge in [-0.25, -0.2) is 23.7 Å². The molecular weight excluding hydrogens is 1120 g/mol. The Morgan fingerprint density at radius 1 is 0.590 bits per heavy atom. The minimum absolute atomic E-state index is 0.0929. The molecule has 12 heterocycles. The Hall–Kier alpha value is -5.61. The zero-order valence-corrected chi connectivity index (χ0v) is 47.9. The van der Waals surface area contributed by atoms with E-state index in [0.29, 0.717) is 88.9 Å². The molecule has 11 N–H and O–H groups in total. The highest BCUT2D eigenvalue weighted by atomic mass is 31.2. The van der Waals surface area contributed by atoms with Crippen LogP contribution < -0.4 is 45.5 Å². The van der Waals surface area contributed by atoms with Gasteiger partial charge in [0.1, 0.15) is 88.7 Å². The number of rotatable bonds is 11. The van der Waals surface area contributed by atoms with Crippen LogP contribution in [0.4, 0.5) is 17.5 Å². The number of aromatic amines is 1. The van der Waals surface area contributed by atoms with Gasteiger partial charge in [-0.2, -0.15) is 15.0 Å². The number of nitrogen functional groups attached to an aromatic ring is 3. The zero-order valence-electron chi connectivity index (χ0n) is 47.0. The van der Waals surface area contributed by atoms with Crippen molar-refractivity contribution in [2.75, 3.05) is 50.7 Å². The fourth-order valence-electron chi connectivity index (χ4n) is 12.2. The number of nitrogens with two attached hydrogens (primary N) is 3. The van der Waals surface area contributed by atoms with Crippen molar-refractivity contribution in [2.45, 2.75) is 189 Å². The number of nitrogens with one attached hydrogen (secondary N) is 1. The van der Waals surface area contributed by atoms with E-state index in [1.165, 1.54) is 49.0 Å². The fourth-order valence-corrected chi connectivity index (χ4v) is 12.8. The number of aromatic nitrogens is 8. The predicted octanol–water partition coefficient (Wildman–Crippen LogP) is -0.289. The molecule has 83 heavy (non-hydrogen) atoms. The number of hydrogen-bond acceptors (Lipinski definition) is 25. The molecule has 0 radical (unpaired) electrons. The largest absolute Gasteiger partial charge is 0.472 e. The Morgan fingerprint density at radius 3 is 1.39 bits per heavy atom. The first-order valence-electron chi connectivity index (χ1n) is 27.5. The van der Waals surface area contributed by atoms with Crippen molar-refractivity contribution in [1.29, 1.82) is 0 Å². The van der Waals surface area contributed by atoms with Crippen LogP contribution in [0, 0.1) is 13.8 Å². The summed E-state index contributed by atoms with van der Waals surface area (Å²) in [4.78, 5) is 82.5. The molecule has 8 aliphatic heterocycles. The lowest BCUT2D eigenvalue weighted by Crippen LogP contribution is -2.49. The van der Waals surface area contributed by atoms with Gasteiger partial charge in [-0.15, -0.1) is 0 Å². The molecule has 8 fully saturated rings. The van der Waals surface area contributed by atoms with Gasteiger partial charge < -0.3 is 75.3 Å². The minimum Gasteiger partial charge on any atom is -0.387 e. The molecule has 4 aromatic rings. The summed E-state index contributed by atoms with van der Waals surface area (Å²) in [5.41, 5.74) is 12.3. The number of fused-ring (bicyclic) bond motifs is 8. The minimum atomic E-state index is -4.25. The van der Waals surface area contributed by atoms with Gasteiger partial charge in [-0.3, -0.25) is 37.1 Å². The first-order chi connectivity index (χ1) is 39.4. The second-order valence-corrected chi connectivity index (χ2v) is 23.1. The van der Waals surface area contributed by atoms with Gasteiger partial charge in [-0.05, 0) is 51.7 Å². The predicted molar refractivity (Wildman–Crippen MR) is 289 cm³/mol. The average molecular weight is 1190 g/mol. The van der Waals surface area contributed by atoms with Crippen molar-refractivity contribution >= 4 is 25.3 Å². The summed E-state index contributed by atoms with van der Waals surface area (Å²) in [7, 11) is -3.17. The molecule has 0 spiro atoms. The number of phosphoric ester groups is 1. The van der Waals surface area contributed by atoms with E-state index in [-0.39, 0.29) is 17.5 Å². The van der Waals surface area contributed by atoms with Crippen LogP contribution in [-0.4, -0.2) is 163 Å². The van der Waals surface area contributed by atoms with Crippen molar-refractivity contribution in [1.82, 2.24) is 38.2 Å². The molecule has 32 heteroatoms. The third-order valence-electron chi connectivity index (χ3n) is 17.2. The first kappa shape index (κ1) is 61.9. The lowest BCUT2D eigenvalue weighted by Gasteiger charge is -2.37. The standard InChI is InChI=1S/C13H20N3O7P.C13H19N3O4.C13H18N2O5.C12H17N3O4/c1-3-13-5-7-21-9(10(13)23-24(18,19)20-2)11(22-13)16-6-4-8(14)15-12(16)17;1-3-13-4-5-19-8(9(13)17)11(20-13)16-6-7(2)10(14)15-12(16)18;1-3-13-4-5-19-8(9(13)16)11(20-13)15-6-7(2)10(17)14-12(15)18;1-2-12-4-6-18-8(9(12)16)10(19-12)15-5-3-7(13)14-11(15)17/h4,6,9-11H,3,5,7H2,1-2H3,(H,18,19)(H2,14,15,17);6,8-9,11,17H,3-5H2,1-2H3,(H2,14,15,18);6,8-9,11,16H,3-5H2,1-2H3,(H,14,17,18);3,5,8-10,16H,2,4,6H2,1H3,(H2,13,14,17)/t9-,10+,11-,13+;2*8-,9+,11-,13+;8-,9+,10-,12+/m0000/s1. The smallest absolute Gasteiger partial charge is 0.387 e. The van der Waals surface area contributed by atoms with Crippen LogP contribution in [0.5, 0.6) is 0 Å². The van der Waals surface area contributed by atoms with Gasteiger partial charge >= 0.3 is 30.6 Å². The normalized spacial score (nSPS) is 36.1. The van der Waals surface area contributed by atoms with Gasteiger partial charge in [0, 0.05) is 68.7 Å². The molecule has 0 aliphatic carbocycles. The van der Waals surface area contributed by atoms with E-state index in [4.69, 9.17) is 59.6 Å². The van der Waals surface area contributed by atoms with Gasteiger partial charge in [0.15, 0.2) is 24.9 Å². The van der Waals surface area contributed by atoms with E-state index in [9.17, 15) is 48.8 Å². The number of H-pyrrole nitrogens is 1. The zero-order chi connectivity index (χ0) is 60.1. The molecule has 12 rings (SSSR count). The van der Waals surface area contributed by atoms with Gasteiger partial charge in [0.05, 0.1) is 26.4 Å². The quantitative estimate of drug-likeness (QED) is 0.0895. The third kappa shape index (κ3) is 11.4. The fraction of sp³-hybridized carbons (Fsp3) is 0.686. The number of hydrogen-bond donors (Lipinski definition) is 8. The molecule has 8 bridgehead atoms. The highest BCUT2D eigenvalue weighted by Crippen LogP contribution is 2.55. The number of aliphatic hydroxyl groups is 3. The monoisotopic (exact) mass is 1190 g/mol. The van der Waals surface area contributed by atoms with Crippen LogP contribution in [0.3, 0.4) is 0 Å². The summed E-state index contributed by atoms with van der Waals surface area (Å²) < 4.78 is 73.4. The van der Waals surface area contributed by atoms with E-state index in [1.54, 1.807) is 20.0 Å². The number of ether oxygens (including phenoxy) is 8. The molecule has 31 nitrogen and oxygen atoms in total. The van der Waals surface area contributed by atoms with Crippen LogP contribution >= 0.6 is 7.82 Å². The van der Waals surface area contributed by atoms with Crippen molar-refractivity contribution in [3.05, 3.63) is 100 Å². The Balaban J connectivity index is 0.000000134. The lowest BCUT2D eigenvalue weighted by atomic mass is 9.87. The maximum absolute atomic E-state index is 12.1. The van der Waals surface area contributed by atoms with Gasteiger partial charge in [-0.1, -0.05) is 27.7 Å². The summed E-state index contributed by atoms with van der Waals surface area (Å²) in [5, 5.41) is 31.1. The number of anilines is 3. The maximum Gasteiger partial charge on any atom is 0.472 e. The van der Waals surface area contributed by atoms with E-state index < -0.39 is 132 Å². The molecule has 8 aliphatic rings. The van der Waals surface area contributed by atoms with Crippen LogP contribution in [0.15, 0.2) is 60.9 Å². The summed E-state index contributed by atoms with van der Waals surface area (Å²) in [6, 6.07) is 2.99. The molecule has 458 valence electrons. The molecule has 4 aromatic heterocycles. The Morgan fingerprint density at radius 2 is 0.964 bits per heavy atom. The van der Waals surface area contributed by atoms with E-state index in [0.717, 1.165) is 7.11 Å². The third-order valence-corrected chi connectivity index (χ3v) is 18.2. The molecule has 0 aromatic carbocycles. The van der Waals surface area contributed by atoms with Crippen LogP contribution in [0.25, 0.3) is 0 Å². The van der Waals surface area contributed by atoms with Crippen molar-refractivity contribution in [2.24, 2.45) is 0 Å². The van der Waals surface area contributed by atoms with Crippen molar-refractivity contribution < 1.29 is 71.7 Å². The number of aryl methyl sites for hydroxylation is 2. The molecule has 17 atom stereocenters. The molecule has 1 unspecified atom stereocenters. The van der Waals surface area contributed by atoms with Crippen molar-refractivity contribution in [3.63, 3.8) is 0 Å². The first-order valence-corrected chi connectivity index (χ1v) is 29.0. The average Bonchev–Trinajstić information content (AvgIpc) is 2.18. The van der Waals surface area contributed by atoms with Gasteiger partial charge in [0.2, 0.25) is 0 Å². The topological polar surface area (TPSA) is 428 Å². The Labute approximate surface area is 474 Å². The van der Waals surface area contributed by atoms with Crippen LogP contribution in [-0.2, 0) is 51.5 Å². The number of aliphatic hydroxyl groups excluding tert-OH is 3. The van der Waals surface area contributed by atoms with Gasteiger partial charge in [0.25, 0.3) is 5.56 Å². The molecular formula is C51H74N11O20P. The summed E-state index contributed by atoms with van der Waals surface area (Å²) >= 11 is 0. The highest BCUT2D eigenvalue weighted by molar-refractivity contribution is 7.47. The Kier molecular flexibility index (Phi) is 17.9. The summed E-state index contributed by atoms with van der Waals surface area (Å²) in [5.74, 6) is 0.461. The van der Waals surface area contributed by atoms with E-state index >= 15 is 0 Å². The second-order valence-electron chi connectivity index (χ2n) is 21.6. The number of nitrogens with zero attached hydrogens (tertiary/aromatic N) is 7. The highest BCUT2D eigenvalue weighted by Gasteiger charge is 2.62. The van der Waals surface area contributed by atoms with E-state index in [2.05, 4.69) is 24.5 Å². The molecule has 0 saturated carbocycles. The number of phosphoric acid groups is 1. The maximum atomic E-state index is 12.1. The summed E-state index contributed by atoms with van der Waals surface area (Å²) in [6.45, 7) is 13.0. The SMILES string of the molecule is CC[C@@]12CCO[C@@H]([C@H]1O)[C@@H](n1cc(C)c(=O)[nH]c1=O)O2.CC[C@@]12CCO[C@@H]([C@H]1O)[C@@H](n1cc(C)c(N)nc1=O)O2.CC[C@@]12CCO[C@@H]([C@H]1O)[C@@H](n1ccc(N)nc1=O)O2.CC[C@@]12CCO[C@@H]([C@H]1OP(=O)(O)OC)[C@@H](n1ccc(N)nc1=O)O2. The lowest BCUT2D eigenvalue weighted by molar-refractivity contribution is -0.123.